The minimum Gasteiger partial charge on any atom is -0.397 e. The predicted molar refractivity (Wildman–Crippen MR) is 175 cm³/mol. The van der Waals surface area contributed by atoms with Crippen molar-refractivity contribution in [1.82, 2.24) is 39.0 Å². The van der Waals surface area contributed by atoms with E-state index in [1.54, 1.807) is 23.1 Å². The van der Waals surface area contributed by atoms with E-state index in [0.29, 0.717) is 37.6 Å². The van der Waals surface area contributed by atoms with Crippen LogP contribution >= 0.6 is 11.6 Å². The van der Waals surface area contributed by atoms with E-state index in [9.17, 15) is 23.2 Å². The molecule has 2 saturated heterocycles. The first-order chi connectivity index (χ1) is 23.0. The second-order valence-electron chi connectivity index (χ2n) is 12.0. The van der Waals surface area contributed by atoms with Gasteiger partial charge in [-0.05, 0) is 63.3 Å². The van der Waals surface area contributed by atoms with Crippen LogP contribution in [-0.4, -0.2) is 103 Å². The number of aromatic nitrogens is 5. The van der Waals surface area contributed by atoms with Crippen molar-refractivity contribution < 1.29 is 23.2 Å². The zero-order valence-electron chi connectivity index (χ0n) is 26.4. The Kier molecular flexibility index (Phi) is 9.42. The van der Waals surface area contributed by atoms with Gasteiger partial charge >= 0.3 is 0 Å². The molecule has 3 aromatic heterocycles. The Morgan fingerprint density at radius 3 is 2.31 bits per heavy atom. The molecule has 252 valence electrons. The van der Waals surface area contributed by atoms with Crippen LogP contribution in [0.15, 0.2) is 48.9 Å². The molecule has 0 aliphatic carbocycles. The summed E-state index contributed by atoms with van der Waals surface area (Å²) in [6.07, 6.45) is 2.89. The number of amides is 3. The van der Waals surface area contributed by atoms with E-state index in [0.717, 1.165) is 25.9 Å². The maximum atomic E-state index is 14.0. The summed E-state index contributed by atoms with van der Waals surface area (Å²) in [4.78, 5) is 53.6. The minimum absolute atomic E-state index is 0.0324. The third-order valence-corrected chi connectivity index (χ3v) is 9.14. The Labute approximate surface area is 280 Å². The lowest BCUT2D eigenvalue weighted by molar-refractivity contribution is -0.138. The van der Waals surface area contributed by atoms with Crippen LogP contribution < -0.4 is 11.1 Å². The average Bonchev–Trinajstić information content (AvgIpc) is 3.69. The number of pyridine rings is 1. The molecule has 48 heavy (non-hydrogen) atoms. The number of anilines is 2. The summed E-state index contributed by atoms with van der Waals surface area (Å²) < 4.78 is 30.6. The number of nitrogen functional groups attached to an aromatic ring is 1. The fourth-order valence-electron chi connectivity index (χ4n) is 6.03. The van der Waals surface area contributed by atoms with Crippen molar-refractivity contribution in [2.75, 3.05) is 57.4 Å². The molecular weight excluding hydrogens is 646 g/mol. The zero-order valence-corrected chi connectivity index (χ0v) is 27.2. The molecule has 2 fully saturated rings. The fourth-order valence-corrected chi connectivity index (χ4v) is 6.30. The van der Waals surface area contributed by atoms with E-state index in [1.807, 2.05) is 4.90 Å². The summed E-state index contributed by atoms with van der Waals surface area (Å²) >= 11 is 6.51. The first-order valence-corrected chi connectivity index (χ1v) is 15.9. The SMILES string of the molecule is CN1CCC(C(=O)N2CCN(C(=O)c3ccc(NC(=O)c4ncc(-c5cn(-c6ccc(N)cn6)nc5C(F)F)n4C)cc3Cl)CC2)CC1. The highest BCUT2D eigenvalue weighted by Gasteiger charge is 2.31. The monoisotopic (exact) mass is 680 g/mol. The smallest absolute Gasteiger partial charge is 0.291 e. The first kappa shape index (κ1) is 33.0. The lowest BCUT2D eigenvalue weighted by atomic mass is 9.95. The third-order valence-electron chi connectivity index (χ3n) is 8.83. The van der Waals surface area contributed by atoms with Crippen LogP contribution in [0.2, 0.25) is 5.02 Å². The Hall–Kier alpha value is -4.89. The molecule has 3 N–H and O–H groups in total. The summed E-state index contributed by atoms with van der Waals surface area (Å²) in [6, 6.07) is 7.69. The first-order valence-electron chi connectivity index (χ1n) is 15.5. The molecule has 0 saturated carbocycles. The molecule has 6 rings (SSSR count). The number of hydrogen-bond donors (Lipinski definition) is 2. The number of nitrogens with two attached hydrogens (primary N) is 1. The summed E-state index contributed by atoms with van der Waals surface area (Å²) in [5.41, 5.74) is 6.50. The maximum absolute atomic E-state index is 14.0. The second-order valence-corrected chi connectivity index (χ2v) is 12.4. The lowest BCUT2D eigenvalue weighted by Crippen LogP contribution is -2.52. The summed E-state index contributed by atoms with van der Waals surface area (Å²) in [7, 11) is 3.59. The standard InChI is InChI=1S/C32H35ClF2N10O3/c1-41-9-7-19(8-10-41)31(47)43-11-13-44(14-12-43)32(48)22-5-4-21(15-24(22)33)39-30(46)29-38-17-25(42(29)2)23-18-45(40-27(23)28(34)35)26-6-3-20(36)16-37-26/h3-6,15-19,28H,7-14,36H2,1-2H3,(H,39,46). The molecule has 2 aliphatic rings. The largest absolute Gasteiger partial charge is 0.397 e. The Morgan fingerprint density at radius 2 is 1.67 bits per heavy atom. The van der Waals surface area contributed by atoms with Crippen molar-refractivity contribution in [2.24, 2.45) is 13.0 Å². The molecule has 3 amide bonds. The van der Waals surface area contributed by atoms with Gasteiger partial charge in [-0.3, -0.25) is 14.4 Å². The Bertz CT molecular complexity index is 1830. The molecule has 0 spiro atoms. The predicted octanol–water partition coefficient (Wildman–Crippen LogP) is 3.72. The number of piperidine rings is 1. The van der Waals surface area contributed by atoms with E-state index >= 15 is 0 Å². The number of carbonyl (C=O) groups is 3. The van der Waals surface area contributed by atoms with Gasteiger partial charge in [0.15, 0.2) is 11.6 Å². The van der Waals surface area contributed by atoms with Gasteiger partial charge in [0, 0.05) is 56.6 Å². The number of benzene rings is 1. The zero-order chi connectivity index (χ0) is 34.1. The molecule has 0 radical (unpaired) electrons. The van der Waals surface area contributed by atoms with Gasteiger partial charge in [-0.25, -0.2) is 23.4 Å². The van der Waals surface area contributed by atoms with E-state index in [-0.39, 0.29) is 51.2 Å². The third kappa shape index (κ3) is 6.73. The van der Waals surface area contributed by atoms with Crippen LogP contribution in [0.5, 0.6) is 0 Å². The van der Waals surface area contributed by atoms with Crippen LogP contribution in [0.3, 0.4) is 0 Å². The number of nitrogens with one attached hydrogen (secondary N) is 1. The summed E-state index contributed by atoms with van der Waals surface area (Å²) in [6.45, 7) is 3.54. The van der Waals surface area contributed by atoms with Gasteiger partial charge in [-0.1, -0.05) is 11.6 Å². The minimum atomic E-state index is -2.90. The highest BCUT2D eigenvalue weighted by atomic mass is 35.5. The van der Waals surface area contributed by atoms with Gasteiger partial charge in [0.1, 0.15) is 5.69 Å². The van der Waals surface area contributed by atoms with Crippen LogP contribution in [0.1, 0.15) is 45.9 Å². The number of nitrogens with zero attached hydrogens (tertiary/aromatic N) is 8. The highest BCUT2D eigenvalue weighted by Crippen LogP contribution is 2.32. The molecule has 0 unspecified atom stereocenters. The maximum Gasteiger partial charge on any atom is 0.291 e. The number of imidazole rings is 1. The van der Waals surface area contributed by atoms with Gasteiger partial charge in [0.2, 0.25) is 5.91 Å². The lowest BCUT2D eigenvalue weighted by Gasteiger charge is -2.38. The summed E-state index contributed by atoms with van der Waals surface area (Å²) in [5, 5.41) is 6.86. The van der Waals surface area contributed by atoms with Crippen molar-refractivity contribution in [3.05, 3.63) is 71.0 Å². The molecule has 0 atom stereocenters. The van der Waals surface area contributed by atoms with Crippen molar-refractivity contribution in [3.63, 3.8) is 0 Å². The van der Waals surface area contributed by atoms with Gasteiger partial charge in [-0.2, -0.15) is 5.10 Å². The van der Waals surface area contributed by atoms with Crippen molar-refractivity contribution in [1.29, 1.82) is 0 Å². The molecule has 16 heteroatoms. The van der Waals surface area contributed by atoms with Gasteiger partial charge in [-0.15, -0.1) is 0 Å². The normalized spacial score (nSPS) is 16.0. The number of halogens is 3. The van der Waals surface area contributed by atoms with E-state index < -0.39 is 18.0 Å². The van der Waals surface area contributed by atoms with Gasteiger partial charge in [0.05, 0.1) is 34.4 Å². The number of rotatable bonds is 7. The van der Waals surface area contributed by atoms with Gasteiger partial charge in [0.25, 0.3) is 18.2 Å². The van der Waals surface area contributed by atoms with E-state index in [4.69, 9.17) is 17.3 Å². The molecule has 5 heterocycles. The van der Waals surface area contributed by atoms with Crippen LogP contribution in [0.4, 0.5) is 20.2 Å². The quantitative estimate of drug-likeness (QED) is 0.300. The van der Waals surface area contributed by atoms with Crippen LogP contribution in [0, 0.1) is 5.92 Å². The van der Waals surface area contributed by atoms with E-state index in [2.05, 4.69) is 32.3 Å². The molecular formula is C32H35ClF2N10O3. The van der Waals surface area contributed by atoms with Crippen molar-refractivity contribution in [2.45, 2.75) is 19.3 Å². The van der Waals surface area contributed by atoms with Crippen molar-refractivity contribution in [3.8, 4) is 17.1 Å². The molecule has 0 bridgehead atoms. The average molecular weight is 681 g/mol. The number of alkyl halides is 2. The Morgan fingerprint density at radius 1 is 0.958 bits per heavy atom. The number of likely N-dealkylation sites (tertiary alicyclic amines) is 1. The van der Waals surface area contributed by atoms with Crippen LogP contribution in [0.25, 0.3) is 17.1 Å². The number of hydrogen-bond acceptors (Lipinski definition) is 8. The molecule has 1 aromatic carbocycles. The van der Waals surface area contributed by atoms with E-state index in [1.165, 1.54) is 47.0 Å². The topological polar surface area (TPSA) is 148 Å². The Balaban J connectivity index is 1.10. The number of carbonyl (C=O) groups excluding carboxylic acids is 3. The van der Waals surface area contributed by atoms with Gasteiger partial charge < -0.3 is 30.3 Å². The molecule has 4 aromatic rings. The van der Waals surface area contributed by atoms with Crippen molar-refractivity contribution >= 4 is 40.7 Å². The molecule has 2 aliphatic heterocycles. The highest BCUT2D eigenvalue weighted by molar-refractivity contribution is 6.34. The number of piperazine rings is 1. The fraction of sp³-hybridized carbons (Fsp3) is 0.375. The molecule has 13 nitrogen and oxygen atoms in total. The summed E-state index contributed by atoms with van der Waals surface area (Å²) in [5.74, 6) is -0.444. The van der Waals surface area contributed by atoms with Crippen LogP contribution in [-0.2, 0) is 11.8 Å². The second kappa shape index (κ2) is 13.7.